The van der Waals surface area contributed by atoms with Crippen molar-refractivity contribution in [3.05, 3.63) is 174 Å². The highest BCUT2D eigenvalue weighted by Gasteiger charge is 2.47. The highest BCUT2D eigenvalue weighted by molar-refractivity contribution is 6.10. The maximum atomic E-state index is 5.02. The minimum atomic E-state index is -0.553. The molecular weight excluding hydrogens is 524 g/mol. The summed E-state index contributed by atoms with van der Waals surface area (Å²) in [5, 5.41) is 2.44. The number of benzene rings is 5. The molecule has 8 aromatic rings. The van der Waals surface area contributed by atoms with E-state index in [0.29, 0.717) is 0 Å². The first-order valence-corrected chi connectivity index (χ1v) is 14.6. The minimum Gasteiger partial charge on any atom is -0.345 e. The van der Waals surface area contributed by atoms with Crippen LogP contribution in [0, 0.1) is 0 Å². The van der Waals surface area contributed by atoms with E-state index in [1.807, 2.05) is 18.5 Å². The molecule has 1 aliphatic rings. The molecule has 5 aromatic carbocycles. The number of H-pyrrole nitrogens is 1. The lowest BCUT2D eigenvalue weighted by Crippen LogP contribution is -2.29. The third-order valence-electron chi connectivity index (χ3n) is 8.98. The molecule has 0 radical (unpaired) electrons. The fraction of sp³-hybridized carbons (Fsp3) is 0.0256. The van der Waals surface area contributed by atoms with Gasteiger partial charge in [0, 0.05) is 40.6 Å². The summed E-state index contributed by atoms with van der Waals surface area (Å²) in [4.78, 5) is 12.8. The lowest BCUT2D eigenvalue weighted by Gasteiger charge is -2.33. The predicted octanol–water partition coefficient (Wildman–Crippen LogP) is 8.93. The van der Waals surface area contributed by atoms with Crippen LogP contribution in [-0.2, 0) is 5.41 Å². The fourth-order valence-electron chi connectivity index (χ4n) is 7.25. The zero-order chi connectivity index (χ0) is 28.4. The monoisotopic (exact) mass is 550 g/mol. The third-order valence-corrected chi connectivity index (χ3v) is 8.98. The Morgan fingerprint density at radius 2 is 1.30 bits per heavy atom. The number of nitrogens with one attached hydrogen (secondary N) is 1. The van der Waals surface area contributed by atoms with E-state index in [2.05, 4.69) is 142 Å². The van der Waals surface area contributed by atoms with Crippen LogP contribution in [0.15, 0.2) is 152 Å². The number of nitrogens with zero attached hydrogens (tertiary/aromatic N) is 3. The maximum absolute atomic E-state index is 5.02. The Morgan fingerprint density at radius 1 is 0.558 bits per heavy atom. The van der Waals surface area contributed by atoms with Crippen molar-refractivity contribution in [2.24, 2.45) is 0 Å². The van der Waals surface area contributed by atoms with Crippen LogP contribution in [0.1, 0.15) is 22.4 Å². The first-order valence-electron chi connectivity index (χ1n) is 14.6. The van der Waals surface area contributed by atoms with Gasteiger partial charge in [0.2, 0.25) is 0 Å². The van der Waals surface area contributed by atoms with E-state index in [0.717, 1.165) is 28.3 Å². The van der Waals surface area contributed by atoms with E-state index >= 15 is 0 Å². The normalized spacial score (nSPS) is 13.3. The molecule has 0 saturated carbocycles. The van der Waals surface area contributed by atoms with E-state index in [-0.39, 0.29) is 0 Å². The summed E-state index contributed by atoms with van der Waals surface area (Å²) in [5.74, 6) is 0.862. The van der Waals surface area contributed by atoms with Crippen molar-refractivity contribution in [2.75, 3.05) is 0 Å². The molecule has 4 nitrogen and oxygen atoms in total. The number of imidazole rings is 1. The number of rotatable bonds is 4. The molecule has 0 unspecified atom stereocenters. The van der Waals surface area contributed by atoms with Crippen molar-refractivity contribution < 1.29 is 0 Å². The van der Waals surface area contributed by atoms with Gasteiger partial charge in [-0.1, -0.05) is 97.1 Å². The number of fused-ring (bicyclic) bond motifs is 6. The average Bonchev–Trinajstić information content (AvgIpc) is 3.80. The largest absolute Gasteiger partial charge is 0.345 e. The van der Waals surface area contributed by atoms with Crippen molar-refractivity contribution >= 4 is 21.8 Å². The van der Waals surface area contributed by atoms with E-state index in [9.17, 15) is 0 Å². The van der Waals surface area contributed by atoms with Crippen LogP contribution < -0.4 is 0 Å². The molecule has 9 rings (SSSR count). The third kappa shape index (κ3) is 3.32. The molecule has 0 amide bonds. The average molecular weight is 551 g/mol. The van der Waals surface area contributed by atoms with Crippen LogP contribution >= 0.6 is 0 Å². The highest BCUT2D eigenvalue weighted by Crippen LogP contribution is 2.55. The molecule has 1 aliphatic carbocycles. The molecule has 0 bridgehead atoms. The Labute approximate surface area is 249 Å². The molecule has 3 heterocycles. The highest BCUT2D eigenvalue weighted by atomic mass is 15.0. The number of aromatic amines is 1. The summed E-state index contributed by atoms with van der Waals surface area (Å²) in [6.45, 7) is 0. The summed E-state index contributed by atoms with van der Waals surface area (Å²) in [6.07, 6.45) is 5.58. The summed E-state index contributed by atoms with van der Waals surface area (Å²) in [7, 11) is 0. The van der Waals surface area contributed by atoms with Gasteiger partial charge >= 0.3 is 0 Å². The molecule has 0 atom stereocenters. The zero-order valence-corrected chi connectivity index (χ0v) is 23.3. The van der Waals surface area contributed by atoms with Crippen LogP contribution in [0.25, 0.3) is 50.0 Å². The Morgan fingerprint density at radius 3 is 2.07 bits per heavy atom. The lowest BCUT2D eigenvalue weighted by molar-refractivity contribution is 0.734. The first kappa shape index (κ1) is 23.9. The number of para-hydroxylation sites is 1. The molecule has 202 valence electrons. The Balaban J connectivity index is 1.36. The molecule has 0 aliphatic heterocycles. The maximum Gasteiger partial charge on any atom is 0.137 e. The topological polar surface area (TPSA) is 46.5 Å². The standard InChI is InChI=1S/C39H26N4/c1-4-15-33-29(12-1)30-13-2-5-16-34(30)39(33,37-18-7-8-21-40-37)27-10-9-11-28(25-27)43-35-17-6-3-14-31(35)32-20-19-26(24-36(32)43)38-41-22-23-42-38/h1-25H,(H,41,42). The van der Waals surface area contributed by atoms with Gasteiger partial charge in [-0.25, -0.2) is 4.98 Å². The van der Waals surface area contributed by atoms with E-state index in [1.165, 1.54) is 44.1 Å². The molecule has 4 heteroatoms. The molecule has 3 aromatic heterocycles. The van der Waals surface area contributed by atoms with Crippen molar-refractivity contribution in [3.63, 3.8) is 0 Å². The molecular formula is C39H26N4. The van der Waals surface area contributed by atoms with E-state index in [1.54, 1.807) is 6.20 Å². The van der Waals surface area contributed by atoms with Crippen LogP contribution in [-0.4, -0.2) is 19.5 Å². The second kappa shape index (κ2) is 9.13. The summed E-state index contributed by atoms with van der Waals surface area (Å²) in [6, 6.07) is 48.2. The quantitative estimate of drug-likeness (QED) is 0.238. The molecule has 43 heavy (non-hydrogen) atoms. The van der Waals surface area contributed by atoms with Crippen molar-refractivity contribution in [1.29, 1.82) is 0 Å². The van der Waals surface area contributed by atoms with Gasteiger partial charge in [0.05, 0.1) is 22.1 Å². The van der Waals surface area contributed by atoms with Crippen LogP contribution in [0.2, 0.25) is 0 Å². The Hall–Kier alpha value is -5.74. The predicted molar refractivity (Wildman–Crippen MR) is 173 cm³/mol. The molecule has 0 spiro atoms. The van der Waals surface area contributed by atoms with Crippen LogP contribution in [0.4, 0.5) is 0 Å². The van der Waals surface area contributed by atoms with Gasteiger partial charge in [-0.2, -0.15) is 0 Å². The van der Waals surface area contributed by atoms with E-state index in [4.69, 9.17) is 4.98 Å². The number of aromatic nitrogens is 4. The fourth-order valence-corrected chi connectivity index (χ4v) is 7.25. The second-order valence-corrected chi connectivity index (χ2v) is 11.1. The van der Waals surface area contributed by atoms with Crippen molar-refractivity contribution in [2.45, 2.75) is 5.41 Å². The first-order chi connectivity index (χ1) is 21.3. The van der Waals surface area contributed by atoms with Crippen LogP contribution in [0.5, 0.6) is 0 Å². The summed E-state index contributed by atoms with van der Waals surface area (Å²) >= 11 is 0. The van der Waals surface area contributed by atoms with Crippen molar-refractivity contribution in [1.82, 2.24) is 19.5 Å². The minimum absolute atomic E-state index is 0.553. The Bertz CT molecular complexity index is 2250. The SMILES string of the molecule is c1ccc(C2(c3cccc(-n4c5ccccc5c5ccc(-c6ncc[nH]6)cc54)c3)c3ccccc3-c3ccccc32)nc1. The molecule has 1 N–H and O–H groups in total. The number of pyridine rings is 1. The summed E-state index contributed by atoms with van der Waals surface area (Å²) in [5.41, 5.74) is 11.2. The van der Waals surface area contributed by atoms with Gasteiger partial charge in [0.25, 0.3) is 0 Å². The smallest absolute Gasteiger partial charge is 0.137 e. The lowest BCUT2D eigenvalue weighted by atomic mass is 9.69. The number of hydrogen-bond acceptors (Lipinski definition) is 2. The van der Waals surface area contributed by atoms with Gasteiger partial charge in [0.1, 0.15) is 5.82 Å². The van der Waals surface area contributed by atoms with Crippen LogP contribution in [0.3, 0.4) is 0 Å². The number of hydrogen-bond donors (Lipinski definition) is 1. The molecule has 0 fully saturated rings. The Kier molecular flexibility index (Phi) is 5.08. The van der Waals surface area contributed by atoms with Gasteiger partial charge in [-0.05, 0) is 64.2 Å². The van der Waals surface area contributed by atoms with Gasteiger partial charge < -0.3 is 9.55 Å². The summed E-state index contributed by atoms with van der Waals surface area (Å²) < 4.78 is 2.39. The van der Waals surface area contributed by atoms with Gasteiger partial charge in [0.15, 0.2) is 0 Å². The van der Waals surface area contributed by atoms with Gasteiger partial charge in [-0.3, -0.25) is 4.98 Å². The van der Waals surface area contributed by atoms with Gasteiger partial charge in [-0.15, -0.1) is 0 Å². The zero-order valence-electron chi connectivity index (χ0n) is 23.3. The van der Waals surface area contributed by atoms with Crippen molar-refractivity contribution in [3.8, 4) is 28.2 Å². The van der Waals surface area contributed by atoms with E-state index < -0.39 is 5.41 Å². The second-order valence-electron chi connectivity index (χ2n) is 11.1. The molecule has 0 saturated heterocycles.